The summed E-state index contributed by atoms with van der Waals surface area (Å²) in [7, 11) is -3.44. The molecule has 0 bridgehead atoms. The van der Waals surface area contributed by atoms with Crippen molar-refractivity contribution in [3.05, 3.63) is 35.7 Å². The van der Waals surface area contributed by atoms with Gasteiger partial charge in [0.15, 0.2) is 26.8 Å². The van der Waals surface area contributed by atoms with E-state index in [2.05, 4.69) is 20.3 Å². The van der Waals surface area contributed by atoms with Gasteiger partial charge < -0.3 is 4.90 Å². The summed E-state index contributed by atoms with van der Waals surface area (Å²) < 4.78 is 53.6. The van der Waals surface area contributed by atoms with E-state index < -0.39 is 27.7 Å². The summed E-state index contributed by atoms with van der Waals surface area (Å²) in [5, 5.41) is 8.33. The van der Waals surface area contributed by atoms with Crippen molar-refractivity contribution in [1.29, 1.82) is 0 Å². The summed E-state index contributed by atoms with van der Waals surface area (Å²) in [6.45, 7) is 5.64. The molecule has 0 N–H and O–H groups in total. The van der Waals surface area contributed by atoms with E-state index in [4.69, 9.17) is 0 Å². The molecule has 3 heterocycles. The number of rotatable bonds is 4. The fourth-order valence-electron chi connectivity index (χ4n) is 3.58. The van der Waals surface area contributed by atoms with Gasteiger partial charge >= 0.3 is 0 Å². The number of alkyl halides is 2. The molecule has 0 spiro atoms. The minimum absolute atomic E-state index is 0.121. The van der Waals surface area contributed by atoms with Gasteiger partial charge in [-0.05, 0) is 11.6 Å². The van der Waals surface area contributed by atoms with Gasteiger partial charge in [0.05, 0.1) is 18.0 Å². The Bertz CT molecular complexity index is 1250. The predicted octanol–water partition coefficient (Wildman–Crippen LogP) is 2.82. The van der Waals surface area contributed by atoms with Gasteiger partial charge in [0, 0.05) is 24.6 Å². The van der Waals surface area contributed by atoms with Crippen LogP contribution in [0.2, 0.25) is 0 Å². The Labute approximate surface area is 179 Å². The summed E-state index contributed by atoms with van der Waals surface area (Å²) in [5.74, 6) is -1.98. The average molecular weight is 451 g/mol. The topological polar surface area (TPSA) is 93.9 Å². The van der Waals surface area contributed by atoms with Gasteiger partial charge in [0.2, 0.25) is 0 Å². The van der Waals surface area contributed by atoms with Gasteiger partial charge in [0.25, 0.3) is 5.92 Å². The SMILES string of the molecule is CC(C)(C)c1nc(N2CCC(F)(F)C2)c2nnn(Cc3ccccc3S(C)(=O)=O)c2n1. The Morgan fingerprint density at radius 1 is 1.16 bits per heavy atom. The van der Waals surface area contributed by atoms with Crippen LogP contribution in [0.15, 0.2) is 29.2 Å². The first-order valence-electron chi connectivity index (χ1n) is 9.88. The highest BCUT2D eigenvalue weighted by Gasteiger charge is 2.40. The average Bonchev–Trinajstić information content (AvgIpc) is 3.23. The first-order valence-corrected chi connectivity index (χ1v) is 11.8. The van der Waals surface area contributed by atoms with Crippen LogP contribution in [0.25, 0.3) is 11.2 Å². The van der Waals surface area contributed by atoms with E-state index in [1.165, 1.54) is 15.6 Å². The number of hydrogen-bond acceptors (Lipinski definition) is 7. The number of sulfone groups is 1. The highest BCUT2D eigenvalue weighted by atomic mass is 32.2. The first kappa shape index (κ1) is 21.5. The third-order valence-electron chi connectivity index (χ3n) is 5.18. The molecule has 1 aliphatic heterocycles. The molecule has 1 saturated heterocycles. The van der Waals surface area contributed by atoms with Gasteiger partial charge in [0.1, 0.15) is 5.82 Å². The minimum Gasteiger partial charge on any atom is -0.348 e. The molecule has 31 heavy (non-hydrogen) atoms. The van der Waals surface area contributed by atoms with Crippen LogP contribution in [0, 0.1) is 0 Å². The lowest BCUT2D eigenvalue weighted by atomic mass is 9.96. The van der Waals surface area contributed by atoms with Crippen LogP contribution in [-0.2, 0) is 21.8 Å². The normalized spacial score (nSPS) is 16.9. The van der Waals surface area contributed by atoms with Crippen LogP contribution in [0.5, 0.6) is 0 Å². The van der Waals surface area contributed by atoms with Crippen molar-refractivity contribution in [2.75, 3.05) is 24.2 Å². The Morgan fingerprint density at radius 2 is 1.87 bits per heavy atom. The van der Waals surface area contributed by atoms with E-state index in [0.29, 0.717) is 28.4 Å². The van der Waals surface area contributed by atoms with Gasteiger partial charge in [-0.25, -0.2) is 31.8 Å². The van der Waals surface area contributed by atoms with Crippen LogP contribution in [0.3, 0.4) is 0 Å². The molecular weight excluding hydrogens is 426 g/mol. The van der Waals surface area contributed by atoms with Gasteiger partial charge in [-0.3, -0.25) is 0 Å². The molecule has 0 unspecified atom stereocenters. The van der Waals surface area contributed by atoms with Gasteiger partial charge in [-0.15, -0.1) is 5.10 Å². The molecule has 0 saturated carbocycles. The zero-order chi connectivity index (χ0) is 22.6. The summed E-state index contributed by atoms with van der Waals surface area (Å²) in [6.07, 6.45) is 0.899. The highest BCUT2D eigenvalue weighted by molar-refractivity contribution is 7.90. The molecule has 11 heteroatoms. The Kier molecular flexibility index (Phi) is 4.99. The maximum absolute atomic E-state index is 13.9. The van der Waals surface area contributed by atoms with Crippen molar-refractivity contribution < 1.29 is 17.2 Å². The van der Waals surface area contributed by atoms with Crippen molar-refractivity contribution in [2.45, 2.75) is 50.0 Å². The number of aromatic nitrogens is 5. The highest BCUT2D eigenvalue weighted by Crippen LogP contribution is 2.34. The number of halogens is 2. The Hall–Kier alpha value is -2.69. The van der Waals surface area contributed by atoms with Gasteiger partial charge in [-0.1, -0.05) is 44.2 Å². The molecule has 166 valence electrons. The Morgan fingerprint density at radius 3 is 2.48 bits per heavy atom. The minimum atomic E-state index is -3.44. The van der Waals surface area contributed by atoms with E-state index in [1.807, 2.05) is 20.8 Å². The number of fused-ring (bicyclic) bond motifs is 1. The van der Waals surface area contributed by atoms with Crippen LogP contribution in [-0.4, -0.2) is 58.6 Å². The summed E-state index contributed by atoms with van der Waals surface area (Å²) in [5.41, 5.74) is 0.809. The molecule has 1 fully saturated rings. The lowest BCUT2D eigenvalue weighted by Crippen LogP contribution is -2.27. The first-order chi connectivity index (χ1) is 14.4. The molecule has 0 amide bonds. The predicted molar refractivity (Wildman–Crippen MR) is 112 cm³/mol. The van der Waals surface area contributed by atoms with E-state index in [0.717, 1.165) is 6.26 Å². The van der Waals surface area contributed by atoms with E-state index in [9.17, 15) is 17.2 Å². The molecule has 1 aromatic carbocycles. The van der Waals surface area contributed by atoms with Crippen LogP contribution in [0.4, 0.5) is 14.6 Å². The van der Waals surface area contributed by atoms with Gasteiger partial charge in [-0.2, -0.15) is 0 Å². The lowest BCUT2D eigenvalue weighted by Gasteiger charge is -2.22. The Balaban J connectivity index is 1.85. The fourth-order valence-corrected chi connectivity index (χ4v) is 4.51. The fraction of sp³-hybridized carbons (Fsp3) is 0.500. The van der Waals surface area contributed by atoms with E-state index in [-0.39, 0.29) is 24.4 Å². The monoisotopic (exact) mass is 450 g/mol. The third-order valence-corrected chi connectivity index (χ3v) is 6.37. The van der Waals surface area contributed by atoms with E-state index in [1.54, 1.807) is 18.2 Å². The molecular formula is C20H24F2N6O2S. The third kappa shape index (κ3) is 4.23. The summed E-state index contributed by atoms with van der Waals surface area (Å²) in [6, 6.07) is 6.65. The molecule has 8 nitrogen and oxygen atoms in total. The largest absolute Gasteiger partial charge is 0.348 e. The maximum atomic E-state index is 13.9. The second-order valence-electron chi connectivity index (χ2n) is 8.95. The molecule has 0 atom stereocenters. The van der Waals surface area contributed by atoms with Crippen molar-refractivity contribution in [3.63, 3.8) is 0 Å². The lowest BCUT2D eigenvalue weighted by molar-refractivity contribution is 0.0257. The van der Waals surface area contributed by atoms with Crippen molar-refractivity contribution in [2.24, 2.45) is 0 Å². The number of hydrogen-bond donors (Lipinski definition) is 0. The smallest absolute Gasteiger partial charge is 0.266 e. The number of anilines is 1. The van der Waals surface area contributed by atoms with Crippen LogP contribution in [0.1, 0.15) is 38.6 Å². The molecule has 3 aromatic rings. The van der Waals surface area contributed by atoms with Crippen molar-refractivity contribution in [1.82, 2.24) is 25.0 Å². The maximum Gasteiger partial charge on any atom is 0.266 e. The van der Waals surface area contributed by atoms with Crippen LogP contribution < -0.4 is 4.90 Å². The quantitative estimate of drug-likeness (QED) is 0.603. The molecule has 4 rings (SSSR count). The van der Waals surface area contributed by atoms with Crippen LogP contribution >= 0.6 is 0 Å². The zero-order valence-corrected chi connectivity index (χ0v) is 18.6. The summed E-state index contributed by atoms with van der Waals surface area (Å²) >= 11 is 0. The second kappa shape index (κ2) is 7.18. The van der Waals surface area contributed by atoms with Crippen molar-refractivity contribution in [3.8, 4) is 0 Å². The standard InChI is InChI=1S/C20H24F2N6O2S/c1-19(2,3)18-23-16(27-10-9-20(21,22)12-27)15-17(24-18)28(26-25-15)11-13-7-5-6-8-14(13)31(4,29)30/h5-8H,9-12H2,1-4H3. The molecule has 2 aromatic heterocycles. The number of nitrogens with zero attached hydrogens (tertiary/aromatic N) is 6. The molecule has 0 aliphatic carbocycles. The molecule has 0 radical (unpaired) electrons. The summed E-state index contributed by atoms with van der Waals surface area (Å²) in [4.78, 5) is 10.9. The van der Waals surface area contributed by atoms with E-state index >= 15 is 0 Å². The zero-order valence-electron chi connectivity index (χ0n) is 17.8. The molecule has 1 aliphatic rings. The number of benzene rings is 1. The second-order valence-corrected chi connectivity index (χ2v) is 10.9. The van der Waals surface area contributed by atoms with Crippen molar-refractivity contribution >= 4 is 26.8 Å².